The number of H-pyrrole nitrogens is 1. The van der Waals surface area contributed by atoms with Gasteiger partial charge in [0.25, 0.3) is 0 Å². The molecule has 0 spiro atoms. The van der Waals surface area contributed by atoms with Gasteiger partial charge in [-0.2, -0.15) is 0 Å². The van der Waals surface area contributed by atoms with E-state index in [1.54, 1.807) is 6.20 Å². The summed E-state index contributed by atoms with van der Waals surface area (Å²) in [4.78, 5) is 5.38. The lowest BCUT2D eigenvalue weighted by Gasteiger charge is -2.37. The number of likely N-dealkylation sites (tertiary alicyclic amines) is 1. The first-order chi connectivity index (χ1) is 6.28. The molecule has 0 aromatic carbocycles. The van der Waals surface area contributed by atoms with Crippen molar-refractivity contribution in [3.63, 3.8) is 0 Å². The molecule has 0 bridgehead atoms. The van der Waals surface area contributed by atoms with E-state index < -0.39 is 0 Å². The van der Waals surface area contributed by atoms with E-state index in [0.717, 1.165) is 30.4 Å². The van der Waals surface area contributed by atoms with E-state index in [9.17, 15) is 0 Å². The molecule has 13 heavy (non-hydrogen) atoms. The lowest BCUT2D eigenvalue weighted by atomic mass is 10.0. The summed E-state index contributed by atoms with van der Waals surface area (Å²) in [6, 6.07) is 1.94. The van der Waals surface area contributed by atoms with Gasteiger partial charge in [-0.3, -0.25) is 4.90 Å². The smallest absolute Gasteiger partial charge is 0.0583 e. The van der Waals surface area contributed by atoms with Crippen LogP contribution in [-0.4, -0.2) is 34.7 Å². The zero-order valence-corrected chi connectivity index (χ0v) is 8.09. The van der Waals surface area contributed by atoms with Crippen LogP contribution in [0.3, 0.4) is 0 Å². The van der Waals surface area contributed by atoms with Crippen molar-refractivity contribution in [3.05, 3.63) is 23.0 Å². The van der Waals surface area contributed by atoms with Crippen LogP contribution >= 0.6 is 11.6 Å². The number of aliphatic hydroxyl groups excluding tert-OH is 1. The van der Waals surface area contributed by atoms with Crippen molar-refractivity contribution in [2.45, 2.75) is 6.54 Å². The molecule has 1 aromatic rings. The van der Waals surface area contributed by atoms with Crippen LogP contribution < -0.4 is 0 Å². The summed E-state index contributed by atoms with van der Waals surface area (Å²) in [5.74, 6) is 0.477. The summed E-state index contributed by atoms with van der Waals surface area (Å²) >= 11 is 5.77. The number of halogens is 1. The van der Waals surface area contributed by atoms with Crippen molar-refractivity contribution < 1.29 is 5.11 Å². The largest absolute Gasteiger partial charge is 0.396 e. The molecular formula is C9H13ClN2O. The molecule has 4 heteroatoms. The molecule has 3 nitrogen and oxygen atoms in total. The number of hydrogen-bond acceptors (Lipinski definition) is 2. The Hall–Kier alpha value is -0.510. The third-order valence-corrected chi connectivity index (χ3v) is 2.61. The van der Waals surface area contributed by atoms with Gasteiger partial charge in [-0.25, -0.2) is 0 Å². The first kappa shape index (κ1) is 9.06. The molecule has 0 atom stereocenters. The van der Waals surface area contributed by atoms with Gasteiger partial charge >= 0.3 is 0 Å². The van der Waals surface area contributed by atoms with E-state index in [2.05, 4.69) is 9.88 Å². The van der Waals surface area contributed by atoms with Crippen LogP contribution in [0.4, 0.5) is 0 Å². The quantitative estimate of drug-likeness (QED) is 0.767. The molecule has 2 heterocycles. The number of aliphatic hydroxyl groups is 1. The molecule has 72 valence electrons. The molecule has 1 saturated heterocycles. The molecule has 1 fully saturated rings. The van der Waals surface area contributed by atoms with Gasteiger partial charge < -0.3 is 10.1 Å². The Morgan fingerprint density at radius 3 is 2.92 bits per heavy atom. The highest BCUT2D eigenvalue weighted by Gasteiger charge is 2.25. The van der Waals surface area contributed by atoms with Crippen molar-refractivity contribution in [1.29, 1.82) is 0 Å². The highest BCUT2D eigenvalue weighted by Crippen LogP contribution is 2.18. The van der Waals surface area contributed by atoms with Gasteiger partial charge in [0.2, 0.25) is 0 Å². The SMILES string of the molecule is OCC1CN(Cc2cc(Cl)c[nH]2)C1. The fourth-order valence-corrected chi connectivity index (χ4v) is 1.85. The van der Waals surface area contributed by atoms with Crippen LogP contribution in [0.5, 0.6) is 0 Å². The maximum absolute atomic E-state index is 8.82. The summed E-state index contributed by atoms with van der Waals surface area (Å²) in [6.45, 7) is 3.20. The van der Waals surface area contributed by atoms with Gasteiger partial charge in [-0.1, -0.05) is 11.6 Å². The molecule has 1 aliphatic rings. The van der Waals surface area contributed by atoms with Crippen LogP contribution in [0.15, 0.2) is 12.3 Å². The lowest BCUT2D eigenvalue weighted by Crippen LogP contribution is -2.47. The highest BCUT2D eigenvalue weighted by molar-refractivity contribution is 6.30. The Morgan fingerprint density at radius 2 is 2.38 bits per heavy atom. The number of hydrogen-bond donors (Lipinski definition) is 2. The second kappa shape index (κ2) is 3.70. The Labute approximate surface area is 82.3 Å². The highest BCUT2D eigenvalue weighted by atomic mass is 35.5. The van der Waals surface area contributed by atoms with Gasteiger partial charge in [-0.05, 0) is 6.07 Å². The van der Waals surface area contributed by atoms with Crippen LogP contribution in [0, 0.1) is 5.92 Å². The summed E-state index contributed by atoms with van der Waals surface area (Å²) in [5.41, 5.74) is 1.14. The number of nitrogens with one attached hydrogen (secondary N) is 1. The molecule has 1 aromatic heterocycles. The van der Waals surface area contributed by atoms with Crippen molar-refractivity contribution in [2.75, 3.05) is 19.7 Å². The van der Waals surface area contributed by atoms with E-state index in [0.29, 0.717) is 12.5 Å². The normalized spacial score (nSPS) is 18.9. The Morgan fingerprint density at radius 1 is 1.62 bits per heavy atom. The van der Waals surface area contributed by atoms with E-state index in [4.69, 9.17) is 16.7 Å². The fraction of sp³-hybridized carbons (Fsp3) is 0.556. The van der Waals surface area contributed by atoms with E-state index >= 15 is 0 Å². The summed E-state index contributed by atoms with van der Waals surface area (Å²) in [5, 5.41) is 9.58. The molecule has 2 rings (SSSR count). The first-order valence-corrected chi connectivity index (χ1v) is 4.81. The maximum atomic E-state index is 8.82. The van der Waals surface area contributed by atoms with E-state index in [-0.39, 0.29) is 0 Å². The Kier molecular flexibility index (Phi) is 2.58. The second-order valence-electron chi connectivity index (χ2n) is 3.59. The average Bonchev–Trinajstić information content (AvgIpc) is 2.43. The maximum Gasteiger partial charge on any atom is 0.0583 e. The van der Waals surface area contributed by atoms with Crippen molar-refractivity contribution in [1.82, 2.24) is 9.88 Å². The number of nitrogens with zero attached hydrogens (tertiary/aromatic N) is 1. The molecule has 0 unspecified atom stereocenters. The van der Waals surface area contributed by atoms with Crippen LogP contribution in [0.2, 0.25) is 5.02 Å². The standard InChI is InChI=1S/C9H13ClN2O/c10-8-1-9(11-2-8)5-12-3-7(4-12)6-13/h1-2,7,11,13H,3-6H2. The summed E-state index contributed by atoms with van der Waals surface area (Å²) in [7, 11) is 0. The van der Waals surface area contributed by atoms with E-state index in [1.165, 1.54) is 0 Å². The van der Waals surface area contributed by atoms with Crippen molar-refractivity contribution in [2.24, 2.45) is 5.92 Å². The number of aromatic nitrogens is 1. The first-order valence-electron chi connectivity index (χ1n) is 4.44. The Bertz CT molecular complexity index is 281. The minimum atomic E-state index is 0.308. The third-order valence-electron chi connectivity index (χ3n) is 2.39. The van der Waals surface area contributed by atoms with Crippen LogP contribution in [0.1, 0.15) is 5.69 Å². The molecule has 0 saturated carbocycles. The van der Waals surface area contributed by atoms with Crippen LogP contribution in [0.25, 0.3) is 0 Å². The van der Waals surface area contributed by atoms with E-state index in [1.807, 2.05) is 6.07 Å². The van der Waals surface area contributed by atoms with Gasteiger partial charge in [0.15, 0.2) is 0 Å². The summed E-state index contributed by atoms with van der Waals surface area (Å²) < 4.78 is 0. The lowest BCUT2D eigenvalue weighted by molar-refractivity contribution is 0.0471. The minimum Gasteiger partial charge on any atom is -0.396 e. The molecular weight excluding hydrogens is 188 g/mol. The zero-order valence-electron chi connectivity index (χ0n) is 7.33. The predicted molar refractivity (Wildman–Crippen MR) is 51.7 cm³/mol. The minimum absolute atomic E-state index is 0.308. The second-order valence-corrected chi connectivity index (χ2v) is 4.02. The molecule has 0 radical (unpaired) electrons. The van der Waals surface area contributed by atoms with Gasteiger partial charge in [0.1, 0.15) is 0 Å². The third kappa shape index (κ3) is 2.05. The average molecular weight is 201 g/mol. The Balaban J connectivity index is 1.81. The van der Waals surface area contributed by atoms with Crippen molar-refractivity contribution >= 4 is 11.6 Å². The summed E-state index contributed by atoms with van der Waals surface area (Å²) in [6.07, 6.45) is 1.79. The topological polar surface area (TPSA) is 39.3 Å². The van der Waals surface area contributed by atoms with Gasteiger partial charge in [0, 0.05) is 44.0 Å². The molecule has 2 N–H and O–H groups in total. The van der Waals surface area contributed by atoms with Crippen LogP contribution in [-0.2, 0) is 6.54 Å². The number of aromatic amines is 1. The predicted octanol–water partition coefficient (Wildman–Crippen LogP) is 1.09. The molecule has 0 amide bonds. The number of rotatable bonds is 3. The zero-order chi connectivity index (χ0) is 9.26. The van der Waals surface area contributed by atoms with Gasteiger partial charge in [-0.15, -0.1) is 0 Å². The molecule has 1 aliphatic heterocycles. The molecule has 0 aliphatic carbocycles. The van der Waals surface area contributed by atoms with Crippen molar-refractivity contribution in [3.8, 4) is 0 Å². The van der Waals surface area contributed by atoms with Gasteiger partial charge in [0.05, 0.1) is 5.02 Å². The fourth-order valence-electron chi connectivity index (χ4n) is 1.67. The monoisotopic (exact) mass is 200 g/mol.